The van der Waals surface area contributed by atoms with E-state index in [4.69, 9.17) is 12.2 Å². The molecule has 0 bridgehead atoms. The summed E-state index contributed by atoms with van der Waals surface area (Å²) in [5.41, 5.74) is 3.42. The van der Waals surface area contributed by atoms with E-state index in [1.165, 1.54) is 31.3 Å². The molecule has 1 saturated carbocycles. The highest BCUT2D eigenvalue weighted by molar-refractivity contribution is 7.71. The number of imidazole rings is 1. The number of nitrogens with zero attached hydrogens (tertiary/aromatic N) is 3. The minimum atomic E-state index is 0.523. The molecule has 0 saturated heterocycles. The second-order valence-electron chi connectivity index (χ2n) is 5.75. The van der Waals surface area contributed by atoms with Crippen LogP contribution in [0.3, 0.4) is 0 Å². The van der Waals surface area contributed by atoms with E-state index in [1.54, 1.807) is 0 Å². The van der Waals surface area contributed by atoms with Crippen molar-refractivity contribution in [3.8, 4) is 0 Å². The maximum absolute atomic E-state index is 5.57. The molecule has 1 N–H and O–H groups in total. The second-order valence-corrected chi connectivity index (χ2v) is 6.14. The summed E-state index contributed by atoms with van der Waals surface area (Å²) in [5, 5.41) is 4.61. The van der Waals surface area contributed by atoms with Crippen LogP contribution >= 0.6 is 12.2 Å². The Balaban J connectivity index is 2.20. The van der Waals surface area contributed by atoms with Crippen LogP contribution in [0.2, 0.25) is 0 Å². The number of rotatable bonds is 2. The third-order valence-corrected chi connectivity index (χ3v) is 4.80. The van der Waals surface area contributed by atoms with Crippen molar-refractivity contribution in [2.24, 2.45) is 13.0 Å². The zero-order valence-electron chi connectivity index (χ0n) is 11.9. The normalized spacial score (nSPS) is 24.2. The first-order valence-electron chi connectivity index (χ1n) is 7.29. The lowest BCUT2D eigenvalue weighted by Gasteiger charge is -2.30. The number of H-pyrrole nitrogens is 1. The standard InChI is InChI=1S/C14H22N4S/c1-4-10-12-13(17(3)16-10)18(14(19)15-12)11-8-6-5-7-9(11)2/h9,11H,4-8H2,1-3H3,(H,15,19). The summed E-state index contributed by atoms with van der Waals surface area (Å²) >= 11 is 5.57. The zero-order chi connectivity index (χ0) is 13.6. The molecule has 1 aliphatic rings. The molecule has 2 aromatic heterocycles. The summed E-state index contributed by atoms with van der Waals surface area (Å²) in [6, 6.07) is 0.523. The number of hydrogen-bond acceptors (Lipinski definition) is 2. The zero-order valence-corrected chi connectivity index (χ0v) is 12.8. The van der Waals surface area contributed by atoms with Gasteiger partial charge < -0.3 is 4.98 Å². The minimum Gasteiger partial charge on any atom is -0.328 e. The van der Waals surface area contributed by atoms with Crippen LogP contribution in [0.15, 0.2) is 0 Å². The molecule has 2 unspecified atom stereocenters. The number of aromatic amines is 1. The first kappa shape index (κ1) is 12.9. The Labute approximate surface area is 118 Å². The third kappa shape index (κ3) is 1.95. The lowest BCUT2D eigenvalue weighted by Crippen LogP contribution is -2.22. The quantitative estimate of drug-likeness (QED) is 0.850. The topological polar surface area (TPSA) is 38.5 Å². The van der Waals surface area contributed by atoms with Crippen LogP contribution in [0, 0.1) is 10.7 Å². The Bertz CT molecular complexity index is 648. The Morgan fingerprint density at radius 2 is 2.11 bits per heavy atom. The highest BCUT2D eigenvalue weighted by Gasteiger charge is 2.27. The molecule has 4 nitrogen and oxygen atoms in total. The summed E-state index contributed by atoms with van der Waals surface area (Å²) in [4.78, 5) is 3.38. The molecule has 2 atom stereocenters. The van der Waals surface area contributed by atoms with E-state index in [-0.39, 0.29) is 0 Å². The van der Waals surface area contributed by atoms with Crippen molar-refractivity contribution in [3.63, 3.8) is 0 Å². The molecule has 5 heteroatoms. The molecule has 0 aliphatic heterocycles. The smallest absolute Gasteiger partial charge is 0.179 e. The van der Waals surface area contributed by atoms with Gasteiger partial charge in [0.05, 0.1) is 5.69 Å². The number of aromatic nitrogens is 4. The molecule has 2 heterocycles. The Kier molecular flexibility index (Phi) is 3.25. The fourth-order valence-corrected chi connectivity index (χ4v) is 3.80. The van der Waals surface area contributed by atoms with E-state index >= 15 is 0 Å². The number of nitrogens with one attached hydrogen (secondary N) is 1. The molecule has 0 radical (unpaired) electrons. The van der Waals surface area contributed by atoms with Crippen LogP contribution in [0.4, 0.5) is 0 Å². The predicted molar refractivity (Wildman–Crippen MR) is 79.9 cm³/mol. The van der Waals surface area contributed by atoms with Crippen molar-refractivity contribution in [3.05, 3.63) is 10.5 Å². The van der Waals surface area contributed by atoms with Gasteiger partial charge in [0.1, 0.15) is 5.52 Å². The van der Waals surface area contributed by atoms with Crippen LogP contribution in [0.1, 0.15) is 51.3 Å². The van der Waals surface area contributed by atoms with Gasteiger partial charge in [-0.15, -0.1) is 0 Å². The van der Waals surface area contributed by atoms with E-state index in [0.29, 0.717) is 12.0 Å². The molecule has 19 heavy (non-hydrogen) atoms. The van der Waals surface area contributed by atoms with Crippen molar-refractivity contribution < 1.29 is 0 Å². The van der Waals surface area contributed by atoms with Crippen LogP contribution in [0.25, 0.3) is 11.2 Å². The highest BCUT2D eigenvalue weighted by atomic mass is 32.1. The SMILES string of the molecule is CCc1nn(C)c2c1[nH]c(=S)n2C1CCCCC1C. The summed E-state index contributed by atoms with van der Waals surface area (Å²) in [6.45, 7) is 4.49. The van der Waals surface area contributed by atoms with E-state index in [0.717, 1.165) is 22.4 Å². The predicted octanol–water partition coefficient (Wildman–Crippen LogP) is 3.75. The van der Waals surface area contributed by atoms with Gasteiger partial charge in [-0.05, 0) is 37.4 Å². The van der Waals surface area contributed by atoms with Crippen molar-refractivity contribution >= 4 is 23.4 Å². The molecule has 0 amide bonds. The van der Waals surface area contributed by atoms with Crippen LogP contribution in [-0.2, 0) is 13.5 Å². The molecule has 3 rings (SSSR count). The average molecular weight is 278 g/mol. The molecule has 0 spiro atoms. The van der Waals surface area contributed by atoms with E-state index in [2.05, 4.69) is 28.5 Å². The number of aryl methyl sites for hydroxylation is 2. The second kappa shape index (κ2) is 4.78. The van der Waals surface area contributed by atoms with Gasteiger partial charge in [-0.3, -0.25) is 9.25 Å². The third-order valence-electron chi connectivity index (χ3n) is 4.50. The molecule has 0 aromatic carbocycles. The van der Waals surface area contributed by atoms with Gasteiger partial charge in [-0.2, -0.15) is 5.10 Å². The van der Waals surface area contributed by atoms with Crippen LogP contribution < -0.4 is 0 Å². The van der Waals surface area contributed by atoms with Gasteiger partial charge in [0.25, 0.3) is 0 Å². The molecule has 1 aliphatic carbocycles. The molecule has 1 fully saturated rings. The first-order chi connectivity index (χ1) is 9.13. The van der Waals surface area contributed by atoms with Gasteiger partial charge in [0.2, 0.25) is 0 Å². The van der Waals surface area contributed by atoms with Gasteiger partial charge in [-0.1, -0.05) is 26.7 Å². The summed E-state index contributed by atoms with van der Waals surface area (Å²) in [5.74, 6) is 0.694. The lowest BCUT2D eigenvalue weighted by atomic mass is 9.86. The molecule has 104 valence electrons. The van der Waals surface area contributed by atoms with Crippen molar-refractivity contribution in [2.75, 3.05) is 0 Å². The van der Waals surface area contributed by atoms with Crippen molar-refractivity contribution in [1.82, 2.24) is 19.3 Å². The van der Waals surface area contributed by atoms with Gasteiger partial charge in [0, 0.05) is 13.1 Å². The van der Waals surface area contributed by atoms with E-state index in [1.807, 2.05) is 11.7 Å². The van der Waals surface area contributed by atoms with Crippen LogP contribution in [0.5, 0.6) is 0 Å². The Hall–Kier alpha value is -1.10. The molecule has 2 aromatic rings. The van der Waals surface area contributed by atoms with E-state index < -0.39 is 0 Å². The fourth-order valence-electron chi connectivity index (χ4n) is 3.47. The first-order valence-corrected chi connectivity index (χ1v) is 7.70. The average Bonchev–Trinajstić information content (AvgIpc) is 2.88. The van der Waals surface area contributed by atoms with Crippen LogP contribution in [-0.4, -0.2) is 19.3 Å². The van der Waals surface area contributed by atoms with Crippen molar-refractivity contribution in [1.29, 1.82) is 0 Å². The summed E-state index contributed by atoms with van der Waals surface area (Å²) < 4.78 is 5.17. The van der Waals surface area contributed by atoms with Gasteiger partial charge in [-0.25, -0.2) is 0 Å². The van der Waals surface area contributed by atoms with E-state index in [9.17, 15) is 0 Å². The minimum absolute atomic E-state index is 0.523. The van der Waals surface area contributed by atoms with Gasteiger partial charge in [0.15, 0.2) is 10.4 Å². The molecular formula is C14H22N4S. The Morgan fingerprint density at radius 3 is 2.79 bits per heavy atom. The number of fused-ring (bicyclic) bond motifs is 1. The Morgan fingerprint density at radius 1 is 1.37 bits per heavy atom. The maximum atomic E-state index is 5.57. The monoisotopic (exact) mass is 278 g/mol. The van der Waals surface area contributed by atoms with Gasteiger partial charge >= 0.3 is 0 Å². The largest absolute Gasteiger partial charge is 0.328 e. The maximum Gasteiger partial charge on any atom is 0.179 e. The molecular weight excluding hydrogens is 256 g/mol. The highest BCUT2D eigenvalue weighted by Crippen LogP contribution is 2.36. The fraction of sp³-hybridized carbons (Fsp3) is 0.714. The summed E-state index contributed by atoms with van der Waals surface area (Å²) in [6.07, 6.45) is 6.13. The summed E-state index contributed by atoms with van der Waals surface area (Å²) in [7, 11) is 2.02. The van der Waals surface area contributed by atoms with Crippen molar-refractivity contribution in [2.45, 2.75) is 52.0 Å². The lowest BCUT2D eigenvalue weighted by molar-refractivity contribution is 0.258. The number of hydrogen-bond donors (Lipinski definition) is 1.